The average Bonchev–Trinajstić information content (AvgIpc) is 2.67. The summed E-state index contributed by atoms with van der Waals surface area (Å²) in [5.74, 6) is -0.0314. The van der Waals surface area contributed by atoms with Gasteiger partial charge in [-0.3, -0.25) is 9.79 Å². The van der Waals surface area contributed by atoms with Gasteiger partial charge in [-0.2, -0.15) is 0 Å². The van der Waals surface area contributed by atoms with Crippen LogP contribution in [0.25, 0.3) is 0 Å². The van der Waals surface area contributed by atoms with Gasteiger partial charge in [0, 0.05) is 13.1 Å². The van der Waals surface area contributed by atoms with Gasteiger partial charge >= 0.3 is 0 Å². The van der Waals surface area contributed by atoms with Crippen molar-refractivity contribution in [3.63, 3.8) is 0 Å². The van der Waals surface area contributed by atoms with E-state index in [2.05, 4.69) is 0 Å². The van der Waals surface area contributed by atoms with E-state index in [-0.39, 0.29) is 5.91 Å². The predicted molar refractivity (Wildman–Crippen MR) is 103 cm³/mol. The zero-order valence-corrected chi connectivity index (χ0v) is 15.6. The second-order valence-corrected chi connectivity index (χ2v) is 6.97. The van der Waals surface area contributed by atoms with Gasteiger partial charge in [0.05, 0.1) is 5.71 Å². The highest BCUT2D eigenvalue weighted by molar-refractivity contribution is 6.44. The lowest BCUT2D eigenvalue weighted by Gasteiger charge is -2.51. The second kappa shape index (κ2) is 6.64. The van der Waals surface area contributed by atoms with Crippen LogP contribution in [0.1, 0.15) is 31.9 Å². The molecule has 0 unspecified atom stereocenters. The summed E-state index contributed by atoms with van der Waals surface area (Å²) in [6.07, 6.45) is 0. The zero-order chi connectivity index (χ0) is 18.1. The van der Waals surface area contributed by atoms with Crippen molar-refractivity contribution in [2.24, 2.45) is 4.99 Å². The van der Waals surface area contributed by atoms with Gasteiger partial charge in [-0.25, -0.2) is 0 Å². The number of halogens is 1. The van der Waals surface area contributed by atoms with Crippen LogP contribution in [0.5, 0.6) is 0 Å². The van der Waals surface area contributed by atoms with Gasteiger partial charge in [-0.05, 0) is 31.9 Å². The maximum absolute atomic E-state index is 13.2. The van der Waals surface area contributed by atoms with Crippen LogP contribution in [-0.4, -0.2) is 35.1 Å². The fourth-order valence-corrected chi connectivity index (χ4v) is 3.91. The second-order valence-electron chi connectivity index (χ2n) is 6.40. The lowest BCUT2D eigenvalue weighted by molar-refractivity contribution is -0.137. The van der Waals surface area contributed by atoms with Crippen molar-refractivity contribution < 1.29 is 4.79 Å². The highest BCUT2D eigenvalue weighted by Gasteiger charge is 2.64. The van der Waals surface area contributed by atoms with Crippen molar-refractivity contribution in [2.45, 2.75) is 31.2 Å². The Morgan fingerprint density at radius 1 is 1.00 bits per heavy atom. The number of carbonyl (C=O) groups excluding carboxylic acids is 1. The molecule has 0 spiro atoms. The zero-order valence-electron chi connectivity index (χ0n) is 14.9. The summed E-state index contributed by atoms with van der Waals surface area (Å²) in [5.41, 5.74) is 1.58. The molecule has 0 saturated carbocycles. The molecule has 0 fully saturated rings. The lowest BCUT2D eigenvalue weighted by Crippen LogP contribution is -2.66. The van der Waals surface area contributed by atoms with Gasteiger partial charge in [0.2, 0.25) is 0 Å². The van der Waals surface area contributed by atoms with E-state index in [1.165, 1.54) is 0 Å². The molecule has 0 bridgehead atoms. The van der Waals surface area contributed by atoms with Crippen molar-refractivity contribution in [1.82, 2.24) is 4.90 Å². The quantitative estimate of drug-likeness (QED) is 0.739. The molecule has 0 aromatic heterocycles. The van der Waals surface area contributed by atoms with Crippen molar-refractivity contribution in [1.29, 1.82) is 0 Å². The third kappa shape index (κ3) is 2.58. The van der Waals surface area contributed by atoms with E-state index < -0.39 is 10.4 Å². The minimum Gasteiger partial charge on any atom is -0.341 e. The van der Waals surface area contributed by atoms with Crippen LogP contribution in [0.3, 0.4) is 0 Å². The standard InChI is InChI=1S/C21H23ClN2O/c1-4-24(5-2)19(25)20(3)21(22,17-14-10-7-11-15-17)18(23-20)16-12-8-6-9-13-16/h6-15H,4-5H2,1-3H3/t20-,21+/m0/s1. The van der Waals surface area contributed by atoms with Crippen LogP contribution >= 0.6 is 11.6 Å². The highest BCUT2D eigenvalue weighted by atomic mass is 35.5. The molecule has 1 aliphatic heterocycles. The van der Waals surface area contributed by atoms with E-state index in [1.54, 1.807) is 4.90 Å². The topological polar surface area (TPSA) is 32.7 Å². The van der Waals surface area contributed by atoms with Crippen molar-refractivity contribution >= 4 is 23.2 Å². The van der Waals surface area contributed by atoms with Crippen LogP contribution in [0, 0.1) is 0 Å². The summed E-state index contributed by atoms with van der Waals surface area (Å²) in [5, 5.41) is 0. The van der Waals surface area contributed by atoms with Gasteiger partial charge in [-0.1, -0.05) is 60.7 Å². The molecule has 3 rings (SSSR count). The molecule has 25 heavy (non-hydrogen) atoms. The third-order valence-corrected chi connectivity index (χ3v) is 5.78. The maximum Gasteiger partial charge on any atom is 0.252 e. The first-order valence-corrected chi connectivity index (χ1v) is 9.06. The molecular weight excluding hydrogens is 332 g/mol. The maximum atomic E-state index is 13.2. The first kappa shape index (κ1) is 17.7. The fourth-order valence-electron chi connectivity index (χ4n) is 3.51. The summed E-state index contributed by atoms with van der Waals surface area (Å²) in [7, 11) is 0. The molecule has 2 aromatic carbocycles. The van der Waals surface area contributed by atoms with E-state index in [9.17, 15) is 4.79 Å². The first-order chi connectivity index (χ1) is 12.0. The molecule has 0 aliphatic carbocycles. The summed E-state index contributed by atoms with van der Waals surface area (Å²) in [6.45, 7) is 7.08. The molecule has 4 heteroatoms. The number of aliphatic imine (C=N–C) groups is 1. The van der Waals surface area contributed by atoms with Crippen LogP contribution < -0.4 is 0 Å². The summed E-state index contributed by atoms with van der Waals surface area (Å²) >= 11 is 7.22. The molecule has 0 radical (unpaired) electrons. The number of benzene rings is 2. The van der Waals surface area contributed by atoms with Crippen LogP contribution in [0.2, 0.25) is 0 Å². The van der Waals surface area contributed by atoms with Gasteiger partial charge in [0.25, 0.3) is 5.91 Å². The first-order valence-electron chi connectivity index (χ1n) is 8.68. The average molecular weight is 355 g/mol. The molecule has 1 amide bonds. The van der Waals surface area contributed by atoms with E-state index in [0.717, 1.165) is 16.8 Å². The van der Waals surface area contributed by atoms with Crippen molar-refractivity contribution in [3.8, 4) is 0 Å². The third-order valence-electron chi connectivity index (χ3n) is 5.02. The Bertz CT molecular complexity index is 786. The number of hydrogen-bond acceptors (Lipinski definition) is 2. The van der Waals surface area contributed by atoms with Crippen molar-refractivity contribution in [2.75, 3.05) is 13.1 Å². The van der Waals surface area contributed by atoms with E-state index >= 15 is 0 Å². The van der Waals surface area contributed by atoms with E-state index in [1.807, 2.05) is 81.4 Å². The monoisotopic (exact) mass is 354 g/mol. The predicted octanol–water partition coefficient (Wildman–Crippen LogP) is 4.25. The number of nitrogens with zero attached hydrogens (tertiary/aromatic N) is 2. The molecule has 1 aliphatic rings. The number of amides is 1. The molecule has 130 valence electrons. The molecule has 0 N–H and O–H groups in total. The Balaban J connectivity index is 2.15. The van der Waals surface area contributed by atoms with Gasteiger partial charge in [-0.15, -0.1) is 11.6 Å². The van der Waals surface area contributed by atoms with Gasteiger partial charge in [0.15, 0.2) is 5.54 Å². The van der Waals surface area contributed by atoms with Crippen LogP contribution in [0.15, 0.2) is 65.7 Å². The SMILES string of the molecule is CCN(CC)C(=O)[C@]1(C)N=C(c2ccccc2)[C@]1(Cl)c1ccccc1. The van der Waals surface area contributed by atoms with Crippen LogP contribution in [0.4, 0.5) is 0 Å². The fraction of sp³-hybridized carbons (Fsp3) is 0.333. The Labute approximate surface area is 154 Å². The Morgan fingerprint density at radius 3 is 2.04 bits per heavy atom. The van der Waals surface area contributed by atoms with Crippen LogP contribution in [-0.2, 0) is 9.67 Å². The molecule has 0 saturated heterocycles. The number of alkyl halides is 1. The molecule has 3 nitrogen and oxygen atoms in total. The summed E-state index contributed by atoms with van der Waals surface area (Å²) < 4.78 is 0. The normalized spacial score (nSPS) is 25.0. The Morgan fingerprint density at radius 2 is 1.52 bits per heavy atom. The van der Waals surface area contributed by atoms with Gasteiger partial charge < -0.3 is 4.90 Å². The minimum atomic E-state index is -1.02. The Hall–Kier alpha value is -2.13. The summed E-state index contributed by atoms with van der Waals surface area (Å²) in [4.78, 5) is 18.8. The lowest BCUT2D eigenvalue weighted by atomic mass is 9.68. The molecular formula is C21H23ClN2O. The molecule has 2 atom stereocenters. The van der Waals surface area contributed by atoms with E-state index in [0.29, 0.717) is 13.1 Å². The number of likely N-dealkylation sites (N-methyl/N-ethyl adjacent to an activating group) is 1. The largest absolute Gasteiger partial charge is 0.341 e. The number of carbonyl (C=O) groups is 1. The van der Waals surface area contributed by atoms with Crippen molar-refractivity contribution in [3.05, 3.63) is 71.8 Å². The van der Waals surface area contributed by atoms with E-state index in [4.69, 9.17) is 16.6 Å². The molecule has 1 heterocycles. The highest BCUT2D eigenvalue weighted by Crippen LogP contribution is 2.53. The minimum absolute atomic E-state index is 0.0314. The number of hydrogen-bond donors (Lipinski definition) is 0. The summed E-state index contributed by atoms with van der Waals surface area (Å²) in [6, 6.07) is 19.6. The smallest absolute Gasteiger partial charge is 0.252 e. The molecule has 2 aromatic rings. The Kier molecular flexibility index (Phi) is 4.70. The van der Waals surface area contributed by atoms with Gasteiger partial charge in [0.1, 0.15) is 4.87 Å². The number of rotatable bonds is 5.